The zero-order valence-corrected chi connectivity index (χ0v) is 19.0. The number of carboxylic acid groups (broad SMARTS) is 1. The van der Waals surface area contributed by atoms with Crippen molar-refractivity contribution in [3.8, 4) is 21.7 Å². The van der Waals surface area contributed by atoms with Gasteiger partial charge >= 0.3 is 5.97 Å². The fourth-order valence-electron chi connectivity index (χ4n) is 4.09. The molecule has 2 heterocycles. The molecule has 8 heteroatoms. The molecule has 6 nitrogen and oxygen atoms in total. The van der Waals surface area contributed by atoms with Gasteiger partial charge < -0.3 is 10.8 Å². The van der Waals surface area contributed by atoms with Crippen LogP contribution in [0, 0.1) is 6.92 Å². The number of nitrogens with zero attached hydrogens (tertiary/aromatic N) is 3. The number of hydrogen-bond donors (Lipinski definition) is 2. The molecule has 0 saturated heterocycles. The smallest absolute Gasteiger partial charge is 0.307 e. The monoisotopic (exact) mass is 462 g/mol. The lowest BCUT2D eigenvalue weighted by molar-refractivity contribution is -0.136. The fraction of sp³-hybridized carbons (Fsp3) is 0.125. The second kappa shape index (κ2) is 7.62. The van der Waals surface area contributed by atoms with E-state index in [0.717, 1.165) is 53.9 Å². The number of carboxylic acids is 1. The van der Waals surface area contributed by atoms with E-state index >= 15 is 0 Å². The Bertz CT molecular complexity index is 1520. The van der Waals surface area contributed by atoms with Gasteiger partial charge in [0.25, 0.3) is 0 Å². The van der Waals surface area contributed by atoms with Crippen LogP contribution in [-0.2, 0) is 18.3 Å². The van der Waals surface area contributed by atoms with Gasteiger partial charge in [-0.15, -0.1) is 11.3 Å². The van der Waals surface area contributed by atoms with Crippen molar-refractivity contribution >= 4 is 55.8 Å². The molecule has 3 aromatic carbocycles. The Morgan fingerprint density at radius 2 is 1.88 bits per heavy atom. The van der Waals surface area contributed by atoms with Crippen molar-refractivity contribution in [2.45, 2.75) is 13.3 Å². The topological polar surface area (TPSA) is 94.0 Å². The van der Waals surface area contributed by atoms with Crippen molar-refractivity contribution < 1.29 is 9.90 Å². The van der Waals surface area contributed by atoms with Crippen LogP contribution in [0.2, 0.25) is 5.02 Å². The van der Waals surface area contributed by atoms with Crippen molar-refractivity contribution in [3.63, 3.8) is 0 Å². The molecule has 0 unspecified atom stereocenters. The van der Waals surface area contributed by atoms with Crippen LogP contribution >= 0.6 is 22.9 Å². The molecule has 0 aliphatic heterocycles. The summed E-state index contributed by atoms with van der Waals surface area (Å²) in [6.45, 7) is 1.93. The summed E-state index contributed by atoms with van der Waals surface area (Å²) in [5, 5.41) is 16.2. The van der Waals surface area contributed by atoms with E-state index in [-0.39, 0.29) is 6.42 Å². The van der Waals surface area contributed by atoms with E-state index in [1.807, 2.05) is 62.5 Å². The Hall–Kier alpha value is -3.42. The summed E-state index contributed by atoms with van der Waals surface area (Å²) in [5.74, 6) is -0.392. The lowest BCUT2D eigenvalue weighted by Crippen LogP contribution is -2.04. The van der Waals surface area contributed by atoms with E-state index in [0.29, 0.717) is 10.8 Å². The van der Waals surface area contributed by atoms with Gasteiger partial charge in [0.1, 0.15) is 5.01 Å². The van der Waals surface area contributed by atoms with Gasteiger partial charge in [0, 0.05) is 28.6 Å². The van der Waals surface area contributed by atoms with Crippen LogP contribution in [0.15, 0.2) is 48.5 Å². The number of fused-ring (bicyclic) bond motifs is 2. The Labute approximate surface area is 192 Å². The lowest BCUT2D eigenvalue weighted by Gasteiger charge is -2.13. The number of nitrogen functional groups attached to an aromatic ring is 1. The lowest BCUT2D eigenvalue weighted by atomic mass is 9.93. The molecule has 5 aromatic rings. The molecule has 0 bridgehead atoms. The molecule has 5 rings (SSSR count). The molecule has 0 radical (unpaired) electrons. The number of rotatable bonds is 4. The number of hydrogen-bond acceptors (Lipinski definition) is 5. The Balaban J connectivity index is 1.76. The van der Waals surface area contributed by atoms with Gasteiger partial charge in [-0.25, -0.2) is 4.98 Å². The van der Waals surface area contributed by atoms with Crippen molar-refractivity contribution in [2.24, 2.45) is 7.05 Å². The third-order valence-electron chi connectivity index (χ3n) is 5.60. The van der Waals surface area contributed by atoms with E-state index in [1.165, 1.54) is 0 Å². The molecule has 2 aromatic heterocycles. The highest BCUT2D eigenvalue weighted by molar-refractivity contribution is 7.22. The molecule has 32 heavy (non-hydrogen) atoms. The van der Waals surface area contributed by atoms with Crippen LogP contribution < -0.4 is 5.73 Å². The second-order valence-electron chi connectivity index (χ2n) is 7.73. The summed E-state index contributed by atoms with van der Waals surface area (Å²) in [4.78, 5) is 16.5. The number of aliphatic carboxylic acids is 1. The zero-order valence-electron chi connectivity index (χ0n) is 17.4. The minimum atomic E-state index is -0.870. The van der Waals surface area contributed by atoms with E-state index < -0.39 is 5.97 Å². The Morgan fingerprint density at radius 1 is 1.16 bits per heavy atom. The minimum absolute atomic E-state index is 0.0643. The summed E-state index contributed by atoms with van der Waals surface area (Å²) >= 11 is 7.64. The summed E-state index contributed by atoms with van der Waals surface area (Å²) < 4.78 is 2.70. The maximum atomic E-state index is 11.6. The molecule has 0 spiro atoms. The molecule has 0 amide bonds. The van der Waals surface area contributed by atoms with Gasteiger partial charge in [0.15, 0.2) is 5.82 Å². The van der Waals surface area contributed by atoms with Gasteiger partial charge in [-0.2, -0.15) is 5.10 Å². The number of aryl methyl sites for hydroxylation is 2. The van der Waals surface area contributed by atoms with Gasteiger partial charge in [0.05, 0.1) is 22.2 Å². The maximum absolute atomic E-state index is 11.6. The summed E-state index contributed by atoms with van der Waals surface area (Å²) in [7, 11) is 1.86. The molecule has 0 aliphatic rings. The van der Waals surface area contributed by atoms with E-state index in [1.54, 1.807) is 16.0 Å². The van der Waals surface area contributed by atoms with Crippen molar-refractivity contribution in [1.82, 2.24) is 14.8 Å². The number of carbonyl (C=O) groups is 1. The first-order valence-electron chi connectivity index (χ1n) is 9.95. The van der Waals surface area contributed by atoms with E-state index in [9.17, 15) is 9.90 Å². The largest absolute Gasteiger partial charge is 0.481 e. The highest BCUT2D eigenvalue weighted by atomic mass is 35.5. The van der Waals surface area contributed by atoms with Crippen LogP contribution in [-0.4, -0.2) is 25.8 Å². The molecule has 0 aliphatic carbocycles. The number of aromatic nitrogens is 3. The molecule has 160 valence electrons. The predicted octanol–water partition coefficient (Wildman–Crippen LogP) is 5.69. The van der Waals surface area contributed by atoms with Gasteiger partial charge in [-0.1, -0.05) is 23.7 Å². The van der Waals surface area contributed by atoms with Crippen LogP contribution in [0.25, 0.3) is 42.8 Å². The maximum Gasteiger partial charge on any atom is 0.307 e. The van der Waals surface area contributed by atoms with E-state index in [4.69, 9.17) is 22.3 Å². The van der Waals surface area contributed by atoms with Crippen LogP contribution in [0.1, 0.15) is 11.1 Å². The molecular weight excluding hydrogens is 444 g/mol. The van der Waals surface area contributed by atoms with Gasteiger partial charge in [-0.05, 0) is 60.0 Å². The van der Waals surface area contributed by atoms with Crippen molar-refractivity contribution in [2.75, 3.05) is 5.73 Å². The van der Waals surface area contributed by atoms with Crippen molar-refractivity contribution in [3.05, 3.63) is 64.7 Å². The third-order valence-corrected chi connectivity index (χ3v) is 6.99. The molecule has 0 atom stereocenters. The predicted molar refractivity (Wildman–Crippen MR) is 130 cm³/mol. The van der Waals surface area contributed by atoms with Crippen LogP contribution in [0.5, 0.6) is 0 Å². The van der Waals surface area contributed by atoms with E-state index in [2.05, 4.69) is 5.10 Å². The summed E-state index contributed by atoms with van der Waals surface area (Å²) in [5.41, 5.74) is 12.3. The fourth-order valence-corrected chi connectivity index (χ4v) is 5.35. The molecule has 0 saturated carbocycles. The number of anilines is 1. The van der Waals surface area contributed by atoms with Gasteiger partial charge in [0.2, 0.25) is 0 Å². The average molecular weight is 463 g/mol. The highest BCUT2D eigenvalue weighted by Gasteiger charge is 2.20. The number of thiazole rings is 1. The molecule has 0 fully saturated rings. The normalized spacial score (nSPS) is 11.5. The zero-order chi connectivity index (χ0) is 22.6. The molecular formula is C24H19ClN4O2S. The Kier molecular flexibility index (Phi) is 4.87. The SMILES string of the molecule is Cc1cc2nc(-c3ccc4c(c3)c(N)nn4C)sc2c(-c2ccc(Cl)cc2)c1CC(=O)O. The summed E-state index contributed by atoms with van der Waals surface area (Å²) in [6, 6.07) is 15.4. The number of nitrogens with two attached hydrogens (primary N) is 1. The van der Waals surface area contributed by atoms with Gasteiger partial charge in [-0.3, -0.25) is 9.48 Å². The van der Waals surface area contributed by atoms with Crippen molar-refractivity contribution in [1.29, 1.82) is 0 Å². The average Bonchev–Trinajstić information content (AvgIpc) is 3.29. The summed E-state index contributed by atoms with van der Waals surface area (Å²) in [6.07, 6.45) is -0.0643. The first-order valence-corrected chi connectivity index (χ1v) is 11.1. The second-order valence-corrected chi connectivity index (χ2v) is 9.17. The first-order chi connectivity index (χ1) is 15.3. The van der Waals surface area contributed by atoms with Crippen LogP contribution in [0.4, 0.5) is 5.82 Å². The minimum Gasteiger partial charge on any atom is -0.481 e. The van der Waals surface area contributed by atoms with Crippen LogP contribution in [0.3, 0.4) is 0 Å². The quantitative estimate of drug-likeness (QED) is 0.358. The number of benzene rings is 3. The highest BCUT2D eigenvalue weighted by Crippen LogP contribution is 2.41. The Morgan fingerprint density at radius 3 is 2.59 bits per heavy atom. The first kappa shape index (κ1) is 20.5. The molecule has 3 N–H and O–H groups in total. The standard InChI is InChI=1S/C24H19ClN4O2S/c1-12-9-18-22(21(16(12)11-20(30)31)13-3-6-15(25)7-4-13)32-24(27-18)14-5-8-19-17(10-14)23(26)28-29(19)2/h3-10H,11H2,1-2H3,(H2,26,28)(H,30,31). The number of halogens is 1. The third kappa shape index (κ3) is 3.39.